The first kappa shape index (κ1) is 35.7. The molecule has 4 unspecified atom stereocenters. The molecule has 1 saturated heterocycles. The fourth-order valence-electron chi connectivity index (χ4n) is 4.08. The highest BCUT2D eigenvalue weighted by atomic mass is 35.6. The van der Waals surface area contributed by atoms with E-state index in [9.17, 15) is 24.0 Å². The number of ether oxygens (including phenoxy) is 6. The standard InChI is InChI=1S/C29H31Cl3N2O11/c1-15(2)25(36)44-22-16(3)43-27(38)19(13-41-26(37)18(22)12-17-8-6-5-7-9-17)34-24(35)21-23(20(40-4)10-11-33-21)45-28(39)42-14-29(30,31)32/h5-11,15-16,18-19,22H,12-14H2,1-4H3,(H,34,35). The molecule has 16 heteroatoms. The van der Waals surface area contributed by atoms with Gasteiger partial charge >= 0.3 is 24.1 Å². The summed E-state index contributed by atoms with van der Waals surface area (Å²) in [4.78, 5) is 68.8. The lowest BCUT2D eigenvalue weighted by Gasteiger charge is -2.29. The number of alkyl halides is 3. The number of rotatable bonds is 9. The van der Waals surface area contributed by atoms with Crippen LogP contribution in [0.25, 0.3) is 0 Å². The van der Waals surface area contributed by atoms with E-state index in [-0.39, 0.29) is 12.2 Å². The van der Waals surface area contributed by atoms with E-state index in [4.69, 9.17) is 63.2 Å². The Morgan fingerprint density at radius 2 is 1.78 bits per heavy atom. The summed E-state index contributed by atoms with van der Waals surface area (Å²) in [5, 5.41) is 2.37. The third-order valence-corrected chi connectivity index (χ3v) is 6.64. The van der Waals surface area contributed by atoms with Gasteiger partial charge in [0.15, 0.2) is 23.6 Å². The van der Waals surface area contributed by atoms with Gasteiger partial charge in [0, 0.05) is 12.3 Å². The molecule has 1 aliphatic heterocycles. The first-order chi connectivity index (χ1) is 21.2. The normalized spacial score (nSPS) is 20.4. The molecule has 4 atom stereocenters. The Bertz CT molecular complexity index is 1390. The van der Waals surface area contributed by atoms with E-state index in [0.717, 1.165) is 5.56 Å². The molecule has 1 N–H and O–H groups in total. The van der Waals surface area contributed by atoms with E-state index in [1.807, 2.05) is 0 Å². The van der Waals surface area contributed by atoms with E-state index in [1.165, 1.54) is 26.3 Å². The summed E-state index contributed by atoms with van der Waals surface area (Å²) in [6, 6.07) is 8.69. The van der Waals surface area contributed by atoms with Gasteiger partial charge in [-0.05, 0) is 18.9 Å². The Kier molecular flexibility index (Phi) is 12.6. The number of esters is 3. The van der Waals surface area contributed by atoms with Crippen LogP contribution in [0.2, 0.25) is 0 Å². The summed E-state index contributed by atoms with van der Waals surface area (Å²) >= 11 is 16.8. The number of benzene rings is 1. The molecule has 1 aromatic heterocycles. The van der Waals surface area contributed by atoms with Crippen LogP contribution in [0, 0.1) is 11.8 Å². The SMILES string of the molecule is COc1ccnc(C(=O)NC2COC(=O)C(Cc3ccccc3)C(OC(=O)C(C)C)C(C)OC2=O)c1OC(=O)OCC(Cl)(Cl)Cl. The lowest BCUT2D eigenvalue weighted by atomic mass is 9.91. The molecular formula is C29H31Cl3N2O11. The van der Waals surface area contributed by atoms with Gasteiger partial charge in [0.1, 0.15) is 25.2 Å². The van der Waals surface area contributed by atoms with Crippen LogP contribution in [0.1, 0.15) is 36.8 Å². The maximum atomic E-state index is 13.4. The molecule has 45 heavy (non-hydrogen) atoms. The first-order valence-electron chi connectivity index (χ1n) is 13.6. The minimum absolute atomic E-state index is 0.100. The van der Waals surface area contributed by atoms with Crippen LogP contribution in [0.3, 0.4) is 0 Å². The molecular weight excluding hydrogens is 659 g/mol. The number of carbonyl (C=O) groups is 5. The Hall–Kier alpha value is -3.81. The highest BCUT2D eigenvalue weighted by Crippen LogP contribution is 2.31. The molecule has 1 aromatic carbocycles. The number of pyridine rings is 1. The maximum absolute atomic E-state index is 13.4. The second-order valence-electron chi connectivity index (χ2n) is 10.1. The number of halogens is 3. The third-order valence-electron chi connectivity index (χ3n) is 6.31. The number of cyclic esters (lactones) is 2. The largest absolute Gasteiger partial charge is 0.514 e. The zero-order valence-corrected chi connectivity index (χ0v) is 26.9. The summed E-state index contributed by atoms with van der Waals surface area (Å²) in [6.45, 7) is 3.39. The number of amides is 1. The van der Waals surface area contributed by atoms with Gasteiger partial charge in [0.25, 0.3) is 5.91 Å². The lowest BCUT2D eigenvalue weighted by Crippen LogP contribution is -2.47. The van der Waals surface area contributed by atoms with Gasteiger partial charge in [-0.1, -0.05) is 79.0 Å². The van der Waals surface area contributed by atoms with Crippen molar-refractivity contribution in [1.29, 1.82) is 0 Å². The van der Waals surface area contributed by atoms with Gasteiger partial charge in [0.2, 0.25) is 9.54 Å². The topological polar surface area (TPSA) is 166 Å². The van der Waals surface area contributed by atoms with Crippen molar-refractivity contribution in [3.63, 3.8) is 0 Å². The predicted molar refractivity (Wildman–Crippen MR) is 159 cm³/mol. The van der Waals surface area contributed by atoms with Gasteiger partial charge < -0.3 is 33.7 Å². The highest BCUT2D eigenvalue weighted by Gasteiger charge is 2.42. The molecule has 0 spiro atoms. The van der Waals surface area contributed by atoms with Crippen LogP contribution < -0.4 is 14.8 Å². The smallest absolute Gasteiger partial charge is 0.493 e. The number of nitrogens with one attached hydrogen (secondary N) is 1. The second-order valence-corrected chi connectivity index (χ2v) is 12.6. The minimum atomic E-state index is -1.93. The van der Waals surface area contributed by atoms with Crippen molar-refractivity contribution in [2.24, 2.45) is 11.8 Å². The number of hydrogen-bond acceptors (Lipinski definition) is 12. The molecule has 1 fully saturated rings. The van der Waals surface area contributed by atoms with Crippen LogP contribution in [0.15, 0.2) is 42.6 Å². The van der Waals surface area contributed by atoms with Crippen molar-refractivity contribution in [2.45, 2.75) is 49.2 Å². The Morgan fingerprint density at radius 1 is 1.09 bits per heavy atom. The molecule has 0 radical (unpaired) electrons. The van der Waals surface area contributed by atoms with Crippen LogP contribution >= 0.6 is 34.8 Å². The predicted octanol–water partition coefficient (Wildman–Crippen LogP) is 3.99. The molecule has 0 aliphatic carbocycles. The van der Waals surface area contributed by atoms with Crippen molar-refractivity contribution >= 4 is 64.8 Å². The molecule has 0 bridgehead atoms. The summed E-state index contributed by atoms with van der Waals surface area (Å²) < 4.78 is 29.8. The minimum Gasteiger partial charge on any atom is -0.493 e. The molecule has 244 valence electrons. The molecule has 0 saturated carbocycles. The van der Waals surface area contributed by atoms with Crippen molar-refractivity contribution in [3.05, 3.63) is 53.9 Å². The molecule has 2 heterocycles. The van der Waals surface area contributed by atoms with Gasteiger partial charge in [-0.15, -0.1) is 0 Å². The van der Waals surface area contributed by atoms with Crippen LogP contribution in [-0.4, -0.2) is 77.3 Å². The van der Waals surface area contributed by atoms with E-state index in [1.54, 1.807) is 44.2 Å². The third kappa shape index (κ3) is 10.4. The van der Waals surface area contributed by atoms with E-state index in [0.29, 0.717) is 0 Å². The molecule has 1 amide bonds. The van der Waals surface area contributed by atoms with Gasteiger partial charge in [0.05, 0.1) is 13.0 Å². The molecule has 3 rings (SSSR count). The van der Waals surface area contributed by atoms with Crippen molar-refractivity contribution in [2.75, 3.05) is 20.3 Å². The number of carbonyl (C=O) groups excluding carboxylic acids is 5. The van der Waals surface area contributed by atoms with E-state index >= 15 is 0 Å². The van der Waals surface area contributed by atoms with Crippen LogP contribution in [0.4, 0.5) is 4.79 Å². The number of nitrogens with zero attached hydrogens (tertiary/aromatic N) is 1. The molecule has 13 nitrogen and oxygen atoms in total. The van der Waals surface area contributed by atoms with Gasteiger partial charge in [-0.25, -0.2) is 14.6 Å². The lowest BCUT2D eigenvalue weighted by molar-refractivity contribution is -0.176. The average Bonchev–Trinajstić information content (AvgIpc) is 3.02. The summed E-state index contributed by atoms with van der Waals surface area (Å²) in [5.74, 6) is -5.59. The summed E-state index contributed by atoms with van der Waals surface area (Å²) in [5.41, 5.74) is 0.245. The maximum Gasteiger partial charge on any atom is 0.514 e. The first-order valence-corrected chi connectivity index (χ1v) is 14.7. The summed E-state index contributed by atoms with van der Waals surface area (Å²) in [7, 11) is 1.24. The summed E-state index contributed by atoms with van der Waals surface area (Å²) in [6.07, 6.45) is -2.39. The Morgan fingerprint density at radius 3 is 2.40 bits per heavy atom. The molecule has 2 aromatic rings. The monoisotopic (exact) mass is 688 g/mol. The average molecular weight is 690 g/mol. The fraction of sp³-hybridized carbons (Fsp3) is 0.448. The zero-order chi connectivity index (χ0) is 33.3. The van der Waals surface area contributed by atoms with Crippen molar-refractivity contribution in [1.82, 2.24) is 10.3 Å². The van der Waals surface area contributed by atoms with Crippen LogP contribution in [-0.2, 0) is 39.8 Å². The zero-order valence-electron chi connectivity index (χ0n) is 24.6. The van der Waals surface area contributed by atoms with Crippen molar-refractivity contribution in [3.8, 4) is 11.5 Å². The number of aromatic nitrogens is 1. The van der Waals surface area contributed by atoms with Gasteiger partial charge in [-0.3, -0.25) is 14.4 Å². The number of hydrogen-bond donors (Lipinski definition) is 1. The van der Waals surface area contributed by atoms with E-state index < -0.39 is 88.5 Å². The second kappa shape index (κ2) is 16.0. The van der Waals surface area contributed by atoms with E-state index in [2.05, 4.69) is 10.3 Å². The molecule has 1 aliphatic rings. The Labute approximate surface area is 273 Å². The quantitative estimate of drug-likeness (QED) is 0.229. The fourth-order valence-corrected chi connectivity index (χ4v) is 4.25. The van der Waals surface area contributed by atoms with Crippen molar-refractivity contribution < 1.29 is 52.4 Å². The van der Waals surface area contributed by atoms with Gasteiger partial charge in [-0.2, -0.15) is 0 Å². The van der Waals surface area contributed by atoms with Crippen LogP contribution in [0.5, 0.6) is 11.5 Å². The highest BCUT2D eigenvalue weighted by molar-refractivity contribution is 6.67. The Balaban J connectivity index is 1.87. The number of methoxy groups -OCH3 is 1.